The lowest BCUT2D eigenvalue weighted by molar-refractivity contribution is -0.133. The molecule has 0 radical (unpaired) electrons. The number of carbonyl (C=O) groups excluding carboxylic acids is 1. The number of hydrogen-bond acceptors (Lipinski definition) is 2. The molecule has 0 N–H and O–H groups in total. The van der Waals surface area contributed by atoms with Gasteiger partial charge in [0, 0.05) is 13.1 Å². The lowest BCUT2D eigenvalue weighted by Crippen LogP contribution is -2.40. The molecule has 162 valence electrons. The highest BCUT2D eigenvalue weighted by atomic mass is 16.5. The molecule has 3 nitrogen and oxygen atoms in total. The quantitative estimate of drug-likeness (QED) is 0.543. The molecule has 2 aromatic rings. The minimum Gasteiger partial charge on any atom is -0.497 e. The van der Waals surface area contributed by atoms with Crippen LogP contribution in [0.1, 0.15) is 76.2 Å². The van der Waals surface area contributed by atoms with Gasteiger partial charge in [-0.25, -0.2) is 0 Å². The highest BCUT2D eigenvalue weighted by molar-refractivity contribution is 5.88. The van der Waals surface area contributed by atoms with Crippen LogP contribution in [0.25, 0.3) is 10.8 Å². The van der Waals surface area contributed by atoms with Gasteiger partial charge in [-0.05, 0) is 60.1 Å². The molecule has 1 aliphatic heterocycles. The summed E-state index contributed by atoms with van der Waals surface area (Å²) in [5.74, 6) is 2.86. The van der Waals surface area contributed by atoms with Crippen molar-refractivity contribution in [2.75, 3.05) is 20.2 Å². The maximum Gasteiger partial charge on any atom is 0.229 e. The predicted octanol–water partition coefficient (Wildman–Crippen LogP) is 6.55. The van der Waals surface area contributed by atoms with E-state index < -0.39 is 0 Å². The van der Waals surface area contributed by atoms with Crippen molar-refractivity contribution >= 4 is 16.7 Å². The van der Waals surface area contributed by atoms with Crippen molar-refractivity contribution < 1.29 is 9.53 Å². The summed E-state index contributed by atoms with van der Waals surface area (Å²) in [6.45, 7) is 3.93. The molecule has 2 aliphatic rings. The average molecular weight is 408 g/mol. The van der Waals surface area contributed by atoms with Crippen molar-refractivity contribution in [3.05, 3.63) is 42.0 Å². The fourth-order valence-corrected chi connectivity index (χ4v) is 5.44. The van der Waals surface area contributed by atoms with Crippen LogP contribution in [0.15, 0.2) is 36.4 Å². The second-order valence-electron chi connectivity index (χ2n) is 9.54. The summed E-state index contributed by atoms with van der Waals surface area (Å²) < 4.78 is 5.32. The van der Waals surface area contributed by atoms with E-state index in [9.17, 15) is 4.79 Å². The summed E-state index contributed by atoms with van der Waals surface area (Å²) in [4.78, 5) is 15.3. The number of piperidine rings is 1. The van der Waals surface area contributed by atoms with Gasteiger partial charge >= 0.3 is 0 Å². The van der Waals surface area contributed by atoms with E-state index >= 15 is 0 Å². The van der Waals surface area contributed by atoms with Gasteiger partial charge in [0.25, 0.3) is 0 Å². The summed E-state index contributed by atoms with van der Waals surface area (Å²) in [6, 6.07) is 12.5. The molecule has 4 rings (SSSR count). The van der Waals surface area contributed by atoms with Crippen LogP contribution in [-0.4, -0.2) is 31.0 Å². The zero-order chi connectivity index (χ0) is 20.9. The van der Waals surface area contributed by atoms with Gasteiger partial charge in [-0.2, -0.15) is 0 Å². The van der Waals surface area contributed by atoms with Crippen LogP contribution in [0.3, 0.4) is 0 Å². The zero-order valence-electron chi connectivity index (χ0n) is 18.7. The third-order valence-electron chi connectivity index (χ3n) is 7.58. The summed E-state index contributed by atoms with van der Waals surface area (Å²) >= 11 is 0. The van der Waals surface area contributed by atoms with Crippen LogP contribution in [0.4, 0.5) is 0 Å². The second-order valence-corrected chi connectivity index (χ2v) is 9.54. The summed E-state index contributed by atoms with van der Waals surface area (Å²) in [7, 11) is 1.69. The van der Waals surface area contributed by atoms with E-state index in [0.717, 1.165) is 47.0 Å². The topological polar surface area (TPSA) is 29.5 Å². The molecule has 1 saturated heterocycles. The molecule has 1 heterocycles. The Morgan fingerprint density at radius 2 is 1.57 bits per heavy atom. The molecule has 0 aromatic heterocycles. The first kappa shape index (κ1) is 21.2. The van der Waals surface area contributed by atoms with Crippen LogP contribution in [0.5, 0.6) is 5.75 Å². The van der Waals surface area contributed by atoms with Crippen molar-refractivity contribution in [3.63, 3.8) is 0 Å². The molecule has 1 aliphatic carbocycles. The maximum absolute atomic E-state index is 13.2. The molecule has 1 atom stereocenters. The van der Waals surface area contributed by atoms with Gasteiger partial charge < -0.3 is 9.64 Å². The number of rotatable bonds is 6. The first-order valence-corrected chi connectivity index (χ1v) is 12.0. The Kier molecular flexibility index (Phi) is 6.97. The fraction of sp³-hybridized carbons (Fsp3) is 0.593. The predicted molar refractivity (Wildman–Crippen MR) is 124 cm³/mol. The van der Waals surface area contributed by atoms with Gasteiger partial charge in [0.15, 0.2) is 0 Å². The van der Waals surface area contributed by atoms with Gasteiger partial charge in [0.2, 0.25) is 5.91 Å². The van der Waals surface area contributed by atoms with Gasteiger partial charge in [0.1, 0.15) is 5.75 Å². The first-order valence-electron chi connectivity index (χ1n) is 12.0. The van der Waals surface area contributed by atoms with Gasteiger partial charge in [-0.3, -0.25) is 4.79 Å². The van der Waals surface area contributed by atoms with Crippen molar-refractivity contribution in [2.45, 2.75) is 70.6 Å². The summed E-state index contributed by atoms with van der Waals surface area (Å²) in [6.07, 6.45) is 12.4. The lowest BCUT2D eigenvalue weighted by atomic mass is 9.82. The average Bonchev–Trinajstić information content (AvgIpc) is 2.82. The fourth-order valence-electron chi connectivity index (χ4n) is 5.44. The van der Waals surface area contributed by atoms with Crippen molar-refractivity contribution in [1.29, 1.82) is 0 Å². The number of nitrogens with zero attached hydrogens (tertiary/aromatic N) is 1. The van der Waals surface area contributed by atoms with Crippen LogP contribution in [0, 0.1) is 11.8 Å². The molecule has 30 heavy (non-hydrogen) atoms. The van der Waals surface area contributed by atoms with E-state index in [0.29, 0.717) is 0 Å². The Morgan fingerprint density at radius 3 is 2.27 bits per heavy atom. The highest BCUT2D eigenvalue weighted by Gasteiger charge is 2.27. The van der Waals surface area contributed by atoms with E-state index in [1.165, 1.54) is 57.8 Å². The van der Waals surface area contributed by atoms with E-state index in [1.807, 2.05) is 12.1 Å². The number of fused-ring (bicyclic) bond motifs is 1. The summed E-state index contributed by atoms with van der Waals surface area (Å²) in [5.41, 5.74) is 1.11. The van der Waals surface area contributed by atoms with Crippen molar-refractivity contribution in [2.24, 2.45) is 11.8 Å². The van der Waals surface area contributed by atoms with Crippen LogP contribution < -0.4 is 4.74 Å². The first-order chi connectivity index (χ1) is 14.6. The third-order valence-corrected chi connectivity index (χ3v) is 7.58. The van der Waals surface area contributed by atoms with Gasteiger partial charge in [-0.15, -0.1) is 0 Å². The van der Waals surface area contributed by atoms with Crippen LogP contribution >= 0.6 is 0 Å². The van der Waals surface area contributed by atoms with Gasteiger partial charge in [-0.1, -0.05) is 69.2 Å². The molecule has 0 bridgehead atoms. The number of amides is 1. The minimum absolute atomic E-state index is 0.0877. The number of likely N-dealkylation sites (tertiary alicyclic amines) is 1. The van der Waals surface area contributed by atoms with Crippen molar-refractivity contribution in [1.82, 2.24) is 4.90 Å². The van der Waals surface area contributed by atoms with E-state index in [1.54, 1.807) is 7.11 Å². The number of methoxy groups -OCH3 is 1. The van der Waals surface area contributed by atoms with E-state index in [2.05, 4.69) is 36.1 Å². The number of carbonyl (C=O) groups is 1. The van der Waals surface area contributed by atoms with Crippen molar-refractivity contribution in [3.8, 4) is 5.75 Å². The molecule has 1 amide bonds. The molecular weight excluding hydrogens is 370 g/mol. The molecular formula is C27H37NO2. The Hall–Kier alpha value is -2.03. The third kappa shape index (κ3) is 4.99. The Bertz CT molecular complexity index is 847. The molecule has 2 fully saturated rings. The summed E-state index contributed by atoms with van der Waals surface area (Å²) in [5, 5.41) is 2.31. The van der Waals surface area contributed by atoms with Gasteiger partial charge in [0.05, 0.1) is 13.0 Å². The Balaban J connectivity index is 1.30. The normalized spacial score (nSPS) is 19.7. The number of benzene rings is 2. The maximum atomic E-state index is 13.2. The molecule has 1 unspecified atom stereocenters. The van der Waals surface area contributed by atoms with E-state index in [4.69, 9.17) is 4.74 Å². The monoisotopic (exact) mass is 407 g/mol. The molecule has 1 saturated carbocycles. The molecule has 0 spiro atoms. The van der Waals surface area contributed by atoms with Crippen LogP contribution in [-0.2, 0) is 4.79 Å². The minimum atomic E-state index is -0.0877. The number of hydrogen-bond donors (Lipinski definition) is 0. The second kappa shape index (κ2) is 9.85. The Morgan fingerprint density at radius 1 is 0.933 bits per heavy atom. The molecule has 3 heteroatoms. The zero-order valence-corrected chi connectivity index (χ0v) is 18.7. The highest BCUT2D eigenvalue weighted by Crippen LogP contribution is 2.32. The molecule has 2 aromatic carbocycles. The van der Waals surface area contributed by atoms with E-state index in [-0.39, 0.29) is 11.8 Å². The smallest absolute Gasteiger partial charge is 0.229 e. The number of ether oxygens (including phenoxy) is 1. The lowest BCUT2D eigenvalue weighted by Gasteiger charge is -2.34. The standard InChI is InChI=1S/C27H37NO2/c1-20(23-10-11-25-19-26(30-2)13-12-24(25)18-23)27(29)28-16-14-22(15-17-28)9-8-21-6-4-3-5-7-21/h10-13,18-22H,3-9,14-17H2,1-2H3. The van der Waals surface area contributed by atoms with Crippen LogP contribution in [0.2, 0.25) is 0 Å². The largest absolute Gasteiger partial charge is 0.497 e. The Labute approximate surface area is 181 Å². The SMILES string of the molecule is COc1ccc2cc(C(C)C(=O)N3CCC(CCC4CCCCC4)CC3)ccc2c1.